The second-order valence-corrected chi connectivity index (χ2v) is 8.40. The number of pyridine rings is 1. The Balaban J connectivity index is 1.90. The third kappa shape index (κ3) is 5.12. The average Bonchev–Trinajstić information content (AvgIpc) is 3.15. The van der Waals surface area contributed by atoms with Crippen molar-refractivity contribution in [3.63, 3.8) is 0 Å². The van der Waals surface area contributed by atoms with Crippen molar-refractivity contribution in [1.29, 1.82) is 0 Å². The first-order valence-electron chi connectivity index (χ1n) is 8.84. The van der Waals surface area contributed by atoms with Crippen LogP contribution < -0.4 is 5.32 Å². The van der Waals surface area contributed by atoms with E-state index in [1.807, 2.05) is 6.07 Å². The van der Waals surface area contributed by atoms with Crippen molar-refractivity contribution >= 4 is 21.6 Å². The number of benzene rings is 1. The molecule has 1 N–H and O–H groups in total. The van der Waals surface area contributed by atoms with Crippen LogP contribution in [0.3, 0.4) is 0 Å². The lowest BCUT2D eigenvalue weighted by Crippen LogP contribution is -2.37. The molecule has 8 heteroatoms. The molecule has 1 aromatic heterocycles. The first-order valence-corrected chi connectivity index (χ1v) is 10.3. The number of ether oxygens (including phenoxy) is 1. The Labute approximate surface area is 159 Å². The van der Waals surface area contributed by atoms with Gasteiger partial charge in [-0.25, -0.2) is 8.42 Å². The molecule has 1 aliphatic heterocycles. The lowest BCUT2D eigenvalue weighted by atomic mass is 10.2. The van der Waals surface area contributed by atoms with E-state index in [1.54, 1.807) is 30.5 Å². The quantitative estimate of drug-likeness (QED) is 0.786. The van der Waals surface area contributed by atoms with Gasteiger partial charge in [0, 0.05) is 32.0 Å². The van der Waals surface area contributed by atoms with Crippen LogP contribution in [0.4, 0.5) is 5.69 Å². The molecule has 1 aromatic carbocycles. The monoisotopic (exact) mass is 389 g/mol. The minimum atomic E-state index is -3.78. The predicted octanol–water partition coefficient (Wildman–Crippen LogP) is 2.41. The molecule has 3 rings (SSSR count). The number of hydrogen-bond donors (Lipinski definition) is 1. The van der Waals surface area contributed by atoms with Gasteiger partial charge in [0.2, 0.25) is 15.9 Å². The van der Waals surface area contributed by atoms with E-state index in [2.05, 4.69) is 10.3 Å². The summed E-state index contributed by atoms with van der Waals surface area (Å²) >= 11 is 0. The Kier molecular flexibility index (Phi) is 6.20. The van der Waals surface area contributed by atoms with Crippen molar-refractivity contribution in [2.24, 2.45) is 0 Å². The van der Waals surface area contributed by atoms with Gasteiger partial charge in [-0.1, -0.05) is 12.1 Å². The summed E-state index contributed by atoms with van der Waals surface area (Å²) in [5, 5.41) is 2.62. The Morgan fingerprint density at radius 1 is 1.30 bits per heavy atom. The summed E-state index contributed by atoms with van der Waals surface area (Å²) in [6, 6.07) is 11.7. The molecule has 0 aliphatic carbocycles. The lowest BCUT2D eigenvalue weighted by Gasteiger charge is -2.25. The van der Waals surface area contributed by atoms with Crippen LogP contribution in [-0.4, -0.2) is 42.9 Å². The first-order chi connectivity index (χ1) is 12.9. The second-order valence-electron chi connectivity index (χ2n) is 6.46. The molecule has 0 radical (unpaired) electrons. The molecular formula is C19H23N3O4S. The van der Waals surface area contributed by atoms with Crippen LogP contribution in [0.15, 0.2) is 53.6 Å². The second kappa shape index (κ2) is 8.60. The van der Waals surface area contributed by atoms with Crippen molar-refractivity contribution in [3.05, 3.63) is 54.4 Å². The van der Waals surface area contributed by atoms with Crippen molar-refractivity contribution in [2.75, 3.05) is 18.5 Å². The van der Waals surface area contributed by atoms with Crippen molar-refractivity contribution < 1.29 is 17.9 Å². The smallest absolute Gasteiger partial charge is 0.243 e. The number of hydrogen-bond acceptors (Lipinski definition) is 5. The van der Waals surface area contributed by atoms with Crippen LogP contribution in [0, 0.1) is 0 Å². The number of carbonyl (C=O) groups is 1. The SMILES string of the molecule is CC(=O)Nc1cccc(S(=O)(=O)N(Cc2ccccn2)CC2CCCO2)c1. The van der Waals surface area contributed by atoms with E-state index in [0.29, 0.717) is 18.0 Å². The normalized spacial score (nSPS) is 17.2. The number of rotatable bonds is 7. The maximum Gasteiger partial charge on any atom is 0.243 e. The van der Waals surface area contributed by atoms with Crippen LogP contribution in [0.25, 0.3) is 0 Å². The Bertz CT molecular complexity index is 881. The molecular weight excluding hydrogens is 366 g/mol. The molecule has 144 valence electrons. The molecule has 7 nitrogen and oxygen atoms in total. The fraction of sp³-hybridized carbons (Fsp3) is 0.368. The highest BCUT2D eigenvalue weighted by molar-refractivity contribution is 7.89. The highest BCUT2D eigenvalue weighted by Crippen LogP contribution is 2.24. The summed E-state index contributed by atoms with van der Waals surface area (Å²) in [5.41, 5.74) is 1.11. The van der Waals surface area contributed by atoms with E-state index >= 15 is 0 Å². The molecule has 27 heavy (non-hydrogen) atoms. The van der Waals surface area contributed by atoms with Gasteiger partial charge in [-0.2, -0.15) is 4.31 Å². The van der Waals surface area contributed by atoms with Gasteiger partial charge in [0.15, 0.2) is 0 Å². The van der Waals surface area contributed by atoms with E-state index in [4.69, 9.17) is 4.74 Å². The standard InChI is InChI=1S/C19H23N3O4S/c1-15(23)21-16-7-4-9-19(12-16)27(24,25)22(14-18-8-5-11-26-18)13-17-6-2-3-10-20-17/h2-4,6-7,9-10,12,18H,5,8,11,13-14H2,1H3,(H,21,23). The van der Waals surface area contributed by atoms with Gasteiger partial charge in [-0.15, -0.1) is 0 Å². The zero-order valence-electron chi connectivity index (χ0n) is 15.2. The molecule has 0 bridgehead atoms. The van der Waals surface area contributed by atoms with Crippen LogP contribution in [0.5, 0.6) is 0 Å². The van der Waals surface area contributed by atoms with E-state index in [0.717, 1.165) is 12.8 Å². The third-order valence-electron chi connectivity index (χ3n) is 4.29. The minimum absolute atomic E-state index is 0.123. The van der Waals surface area contributed by atoms with Crippen LogP contribution in [-0.2, 0) is 26.1 Å². The van der Waals surface area contributed by atoms with E-state index in [1.165, 1.54) is 23.4 Å². The summed E-state index contributed by atoms with van der Waals surface area (Å²) in [5.74, 6) is -0.255. The van der Waals surface area contributed by atoms with Gasteiger partial charge in [0.05, 0.1) is 23.2 Å². The fourth-order valence-corrected chi connectivity index (χ4v) is 4.51. The number of nitrogens with zero attached hydrogens (tertiary/aromatic N) is 2. The van der Waals surface area contributed by atoms with Gasteiger partial charge in [-0.05, 0) is 43.2 Å². The summed E-state index contributed by atoms with van der Waals surface area (Å²) in [6.07, 6.45) is 3.28. The number of anilines is 1. The molecule has 1 fully saturated rings. The van der Waals surface area contributed by atoms with Gasteiger partial charge in [0.1, 0.15) is 0 Å². The number of amides is 1. The van der Waals surface area contributed by atoms with Gasteiger partial charge in [-0.3, -0.25) is 9.78 Å². The topological polar surface area (TPSA) is 88.6 Å². The molecule has 0 spiro atoms. The molecule has 2 aromatic rings. The lowest BCUT2D eigenvalue weighted by molar-refractivity contribution is -0.114. The largest absolute Gasteiger partial charge is 0.377 e. The van der Waals surface area contributed by atoms with Crippen molar-refractivity contribution in [2.45, 2.75) is 37.3 Å². The zero-order chi connectivity index (χ0) is 19.3. The highest BCUT2D eigenvalue weighted by atomic mass is 32.2. The van der Waals surface area contributed by atoms with Crippen LogP contribution in [0.2, 0.25) is 0 Å². The molecule has 1 aliphatic rings. The van der Waals surface area contributed by atoms with Crippen molar-refractivity contribution in [3.8, 4) is 0 Å². The van der Waals surface area contributed by atoms with Gasteiger partial charge < -0.3 is 10.1 Å². The molecule has 1 saturated heterocycles. The van der Waals surface area contributed by atoms with Gasteiger partial charge in [0.25, 0.3) is 0 Å². The summed E-state index contributed by atoms with van der Waals surface area (Å²) in [6.45, 7) is 2.46. The van der Waals surface area contributed by atoms with E-state index in [-0.39, 0.29) is 30.0 Å². The number of nitrogens with one attached hydrogen (secondary N) is 1. The predicted molar refractivity (Wildman–Crippen MR) is 102 cm³/mol. The zero-order valence-corrected chi connectivity index (χ0v) is 16.0. The third-order valence-corrected chi connectivity index (χ3v) is 6.10. The Hall–Kier alpha value is -2.29. The van der Waals surface area contributed by atoms with Crippen molar-refractivity contribution in [1.82, 2.24) is 9.29 Å². The van der Waals surface area contributed by atoms with Crippen LogP contribution in [0.1, 0.15) is 25.5 Å². The van der Waals surface area contributed by atoms with E-state index in [9.17, 15) is 13.2 Å². The van der Waals surface area contributed by atoms with E-state index < -0.39 is 10.0 Å². The number of sulfonamides is 1. The fourth-order valence-electron chi connectivity index (χ4n) is 3.02. The highest BCUT2D eigenvalue weighted by Gasteiger charge is 2.29. The average molecular weight is 389 g/mol. The Morgan fingerprint density at radius 3 is 2.81 bits per heavy atom. The van der Waals surface area contributed by atoms with Crippen LogP contribution >= 0.6 is 0 Å². The molecule has 1 unspecified atom stereocenters. The Morgan fingerprint density at radius 2 is 2.15 bits per heavy atom. The summed E-state index contributed by atoms with van der Waals surface area (Å²) < 4.78 is 33.6. The molecule has 2 heterocycles. The number of aromatic nitrogens is 1. The molecule has 1 amide bonds. The molecule has 1 atom stereocenters. The number of carbonyl (C=O) groups excluding carboxylic acids is 1. The first kappa shape index (κ1) is 19.5. The van der Waals surface area contributed by atoms with Gasteiger partial charge >= 0.3 is 0 Å². The summed E-state index contributed by atoms with van der Waals surface area (Å²) in [4.78, 5) is 15.7. The minimum Gasteiger partial charge on any atom is -0.377 e. The maximum absolute atomic E-state index is 13.3. The summed E-state index contributed by atoms with van der Waals surface area (Å²) in [7, 11) is -3.78. The maximum atomic E-state index is 13.3. The molecule has 0 saturated carbocycles.